The summed E-state index contributed by atoms with van der Waals surface area (Å²) in [7, 11) is 0. The minimum Gasteiger partial charge on any atom is -0.475 e. The van der Waals surface area contributed by atoms with E-state index >= 15 is 0 Å². The Kier molecular flexibility index (Phi) is 2.60. The zero-order chi connectivity index (χ0) is 11.6. The smallest absolute Gasteiger partial charge is 0.216 e. The molecule has 0 fully saturated rings. The van der Waals surface area contributed by atoms with Crippen molar-refractivity contribution in [1.82, 2.24) is 4.98 Å². The molecule has 5 nitrogen and oxygen atoms in total. The van der Waals surface area contributed by atoms with Crippen LogP contribution in [0.2, 0.25) is 0 Å². The Balaban J connectivity index is 2.31. The highest BCUT2D eigenvalue weighted by molar-refractivity contribution is 5.96. The summed E-state index contributed by atoms with van der Waals surface area (Å²) in [6, 6.07) is 3.58. The fourth-order valence-corrected chi connectivity index (χ4v) is 1.44. The van der Waals surface area contributed by atoms with Gasteiger partial charge in [-0.2, -0.15) is 0 Å². The molecular formula is C11H13N3O2. The van der Waals surface area contributed by atoms with Crippen LogP contribution in [0.1, 0.15) is 25.1 Å². The minimum atomic E-state index is -0.177. The van der Waals surface area contributed by atoms with Gasteiger partial charge in [0.05, 0.1) is 17.4 Å². The van der Waals surface area contributed by atoms with Crippen molar-refractivity contribution in [3.8, 4) is 0 Å². The summed E-state index contributed by atoms with van der Waals surface area (Å²) in [6.45, 7) is 4.60. The van der Waals surface area contributed by atoms with E-state index in [2.05, 4.69) is 15.1 Å². The molecular weight excluding hydrogens is 206 g/mol. The summed E-state index contributed by atoms with van der Waals surface area (Å²) in [5.41, 5.74) is 1.23. The zero-order valence-electron chi connectivity index (χ0n) is 9.21. The molecule has 0 atom stereocenters. The number of rotatable bonds is 2. The van der Waals surface area contributed by atoms with Crippen molar-refractivity contribution in [3.05, 3.63) is 29.6 Å². The lowest BCUT2D eigenvalue weighted by atomic mass is 10.1. The molecule has 84 valence electrons. The Labute approximate surface area is 93.5 Å². The van der Waals surface area contributed by atoms with Crippen molar-refractivity contribution in [2.24, 2.45) is 10.1 Å². The van der Waals surface area contributed by atoms with Crippen LogP contribution in [0.3, 0.4) is 0 Å². The van der Waals surface area contributed by atoms with Gasteiger partial charge in [0.25, 0.3) is 0 Å². The maximum atomic E-state index is 8.43. The third kappa shape index (κ3) is 2.18. The van der Waals surface area contributed by atoms with Crippen molar-refractivity contribution in [2.75, 3.05) is 6.61 Å². The molecule has 1 aliphatic rings. The Morgan fingerprint density at radius 1 is 1.56 bits per heavy atom. The van der Waals surface area contributed by atoms with Gasteiger partial charge >= 0.3 is 0 Å². The van der Waals surface area contributed by atoms with Gasteiger partial charge < -0.3 is 9.94 Å². The number of aliphatic imine (C=N–C) groups is 1. The molecule has 0 aromatic carbocycles. The maximum Gasteiger partial charge on any atom is 0.216 e. The first-order chi connectivity index (χ1) is 7.61. The first-order valence-corrected chi connectivity index (χ1v) is 4.97. The molecule has 2 heterocycles. The van der Waals surface area contributed by atoms with E-state index in [0.717, 1.165) is 5.56 Å². The van der Waals surface area contributed by atoms with Crippen LogP contribution in [0.25, 0.3) is 0 Å². The van der Waals surface area contributed by atoms with Crippen LogP contribution in [0.5, 0.6) is 0 Å². The second kappa shape index (κ2) is 3.92. The average molecular weight is 219 g/mol. The van der Waals surface area contributed by atoms with Gasteiger partial charge in [-0.05, 0) is 26.0 Å². The predicted molar refractivity (Wildman–Crippen MR) is 60.2 cm³/mol. The number of oxime groups is 1. The van der Waals surface area contributed by atoms with Crippen LogP contribution in [0.15, 0.2) is 28.5 Å². The van der Waals surface area contributed by atoms with Crippen LogP contribution < -0.4 is 0 Å². The summed E-state index contributed by atoms with van der Waals surface area (Å²) < 4.78 is 5.50. The first-order valence-electron chi connectivity index (χ1n) is 4.97. The van der Waals surface area contributed by atoms with Crippen molar-refractivity contribution in [2.45, 2.75) is 19.4 Å². The maximum absolute atomic E-state index is 8.43. The Morgan fingerprint density at radius 3 is 3.00 bits per heavy atom. The van der Waals surface area contributed by atoms with Gasteiger partial charge in [0.2, 0.25) is 5.90 Å². The number of nitrogens with zero attached hydrogens (tertiary/aromatic N) is 3. The van der Waals surface area contributed by atoms with Crippen molar-refractivity contribution < 1.29 is 9.94 Å². The second-order valence-corrected chi connectivity index (χ2v) is 4.23. The lowest BCUT2D eigenvalue weighted by Crippen LogP contribution is -2.17. The molecule has 1 N–H and O–H groups in total. The third-order valence-corrected chi connectivity index (χ3v) is 2.18. The molecule has 0 radical (unpaired) electrons. The highest BCUT2D eigenvalue weighted by atomic mass is 16.5. The lowest BCUT2D eigenvalue weighted by molar-refractivity contribution is 0.279. The van der Waals surface area contributed by atoms with Gasteiger partial charge in [-0.25, -0.2) is 4.99 Å². The second-order valence-electron chi connectivity index (χ2n) is 4.23. The Morgan fingerprint density at radius 2 is 2.38 bits per heavy atom. The highest BCUT2D eigenvalue weighted by Gasteiger charge is 2.26. The molecule has 1 aromatic rings. The van der Waals surface area contributed by atoms with Crippen molar-refractivity contribution in [1.29, 1.82) is 0 Å². The van der Waals surface area contributed by atoms with Gasteiger partial charge in [0.15, 0.2) is 0 Å². The molecule has 0 unspecified atom stereocenters. The van der Waals surface area contributed by atoms with Gasteiger partial charge in [0, 0.05) is 11.8 Å². The van der Waals surface area contributed by atoms with Gasteiger partial charge in [0.1, 0.15) is 6.61 Å². The first kappa shape index (κ1) is 10.6. The molecule has 1 aliphatic heterocycles. The quantitative estimate of drug-likeness (QED) is 0.465. The van der Waals surface area contributed by atoms with E-state index in [9.17, 15) is 0 Å². The van der Waals surface area contributed by atoms with E-state index in [1.807, 2.05) is 19.9 Å². The molecule has 0 amide bonds. The molecule has 0 bridgehead atoms. The van der Waals surface area contributed by atoms with Crippen LogP contribution in [-0.2, 0) is 4.74 Å². The SMILES string of the molecule is CC1(C)COC(c2ccnc(/C=N/O)c2)=N1. The van der Waals surface area contributed by atoms with Gasteiger partial charge in [-0.3, -0.25) is 4.98 Å². The number of aromatic nitrogens is 1. The molecule has 16 heavy (non-hydrogen) atoms. The standard InChI is InChI=1S/C11H13N3O2/c1-11(2)7-16-10(14-11)8-3-4-12-9(5-8)6-13-15/h3-6,15H,7H2,1-2H3/b13-6+. The molecule has 0 aliphatic carbocycles. The largest absolute Gasteiger partial charge is 0.475 e. The predicted octanol–water partition coefficient (Wildman–Crippen LogP) is 1.45. The lowest BCUT2D eigenvalue weighted by Gasteiger charge is -2.07. The van der Waals surface area contributed by atoms with Crippen LogP contribution in [0, 0.1) is 0 Å². The molecule has 0 saturated heterocycles. The number of hydrogen-bond acceptors (Lipinski definition) is 5. The number of ether oxygens (including phenoxy) is 1. The van der Waals surface area contributed by atoms with E-state index in [-0.39, 0.29) is 5.54 Å². The van der Waals surface area contributed by atoms with Crippen LogP contribution in [-0.4, -0.2) is 34.4 Å². The van der Waals surface area contributed by atoms with E-state index in [4.69, 9.17) is 9.94 Å². The summed E-state index contributed by atoms with van der Waals surface area (Å²) >= 11 is 0. The molecule has 0 saturated carbocycles. The molecule has 2 rings (SSSR count). The van der Waals surface area contributed by atoms with E-state index < -0.39 is 0 Å². The minimum absolute atomic E-state index is 0.177. The highest BCUT2D eigenvalue weighted by Crippen LogP contribution is 2.20. The summed E-state index contributed by atoms with van der Waals surface area (Å²) in [5.74, 6) is 0.611. The van der Waals surface area contributed by atoms with E-state index in [0.29, 0.717) is 18.2 Å². The number of hydrogen-bond donors (Lipinski definition) is 1. The Hall–Kier alpha value is -1.91. The zero-order valence-corrected chi connectivity index (χ0v) is 9.21. The summed E-state index contributed by atoms with van der Waals surface area (Å²) in [4.78, 5) is 8.47. The molecule has 1 aromatic heterocycles. The number of pyridine rings is 1. The summed E-state index contributed by atoms with van der Waals surface area (Å²) in [6.07, 6.45) is 2.90. The Bertz CT molecular complexity index is 452. The topological polar surface area (TPSA) is 67.1 Å². The molecule has 5 heteroatoms. The third-order valence-electron chi connectivity index (χ3n) is 2.18. The van der Waals surface area contributed by atoms with Crippen molar-refractivity contribution in [3.63, 3.8) is 0 Å². The van der Waals surface area contributed by atoms with Gasteiger partial charge in [-0.15, -0.1) is 0 Å². The fraction of sp³-hybridized carbons (Fsp3) is 0.364. The summed E-state index contributed by atoms with van der Waals surface area (Å²) in [5, 5.41) is 11.4. The normalized spacial score (nSPS) is 18.5. The average Bonchev–Trinajstić information content (AvgIpc) is 2.60. The van der Waals surface area contributed by atoms with Crippen LogP contribution >= 0.6 is 0 Å². The van der Waals surface area contributed by atoms with Crippen molar-refractivity contribution >= 4 is 12.1 Å². The van der Waals surface area contributed by atoms with Crippen LogP contribution in [0.4, 0.5) is 0 Å². The van der Waals surface area contributed by atoms with E-state index in [1.165, 1.54) is 6.21 Å². The molecule has 0 spiro atoms. The van der Waals surface area contributed by atoms with E-state index in [1.54, 1.807) is 12.3 Å². The van der Waals surface area contributed by atoms with Gasteiger partial charge in [-0.1, -0.05) is 5.16 Å². The monoisotopic (exact) mass is 219 g/mol. The fourth-order valence-electron chi connectivity index (χ4n) is 1.44.